The van der Waals surface area contributed by atoms with Crippen molar-refractivity contribution in [1.82, 2.24) is 5.32 Å². The SMILES string of the molecule is CC(C)(C)OC(=O)NCc1cccc(C#CCCN=[N+]=[N-])c1. The number of carbonyl (C=O) groups is 1. The molecule has 0 atom stereocenters. The van der Waals surface area contributed by atoms with Gasteiger partial charge in [0.2, 0.25) is 0 Å². The molecule has 1 aromatic carbocycles. The second-order valence-electron chi connectivity index (χ2n) is 5.56. The highest BCUT2D eigenvalue weighted by Crippen LogP contribution is 2.08. The summed E-state index contributed by atoms with van der Waals surface area (Å²) in [5.74, 6) is 5.93. The van der Waals surface area contributed by atoms with Gasteiger partial charge < -0.3 is 10.1 Å². The quantitative estimate of drug-likeness (QED) is 0.302. The maximum atomic E-state index is 11.6. The van der Waals surface area contributed by atoms with Crippen molar-refractivity contribution in [1.29, 1.82) is 0 Å². The molecule has 0 spiro atoms. The number of ether oxygens (including phenoxy) is 1. The Hall–Kier alpha value is -2.64. The normalized spacial score (nSPS) is 9.95. The van der Waals surface area contributed by atoms with Crippen molar-refractivity contribution in [2.75, 3.05) is 6.54 Å². The molecule has 0 aliphatic carbocycles. The van der Waals surface area contributed by atoms with Gasteiger partial charge in [-0.2, -0.15) is 0 Å². The minimum atomic E-state index is -0.511. The van der Waals surface area contributed by atoms with E-state index in [1.165, 1.54) is 0 Å². The van der Waals surface area contributed by atoms with Gasteiger partial charge >= 0.3 is 6.09 Å². The minimum absolute atomic E-state index is 0.364. The summed E-state index contributed by atoms with van der Waals surface area (Å²) in [7, 11) is 0. The number of rotatable bonds is 4. The minimum Gasteiger partial charge on any atom is -0.444 e. The highest BCUT2D eigenvalue weighted by molar-refractivity contribution is 5.67. The smallest absolute Gasteiger partial charge is 0.407 e. The largest absolute Gasteiger partial charge is 0.444 e. The molecule has 1 amide bonds. The summed E-state index contributed by atoms with van der Waals surface area (Å²) >= 11 is 0. The lowest BCUT2D eigenvalue weighted by Crippen LogP contribution is -2.32. The van der Waals surface area contributed by atoms with Gasteiger partial charge in [0, 0.05) is 30.0 Å². The highest BCUT2D eigenvalue weighted by Gasteiger charge is 2.15. The maximum Gasteiger partial charge on any atom is 0.407 e. The van der Waals surface area contributed by atoms with Crippen molar-refractivity contribution < 1.29 is 9.53 Å². The van der Waals surface area contributed by atoms with Crippen LogP contribution in [0.2, 0.25) is 0 Å². The van der Waals surface area contributed by atoms with Gasteiger partial charge in [-0.3, -0.25) is 0 Å². The Labute approximate surface area is 130 Å². The fourth-order valence-electron chi connectivity index (χ4n) is 1.56. The molecular formula is C16H20N4O2. The first kappa shape index (κ1) is 17.4. The molecule has 0 bridgehead atoms. The van der Waals surface area contributed by atoms with Crippen LogP contribution in [0.3, 0.4) is 0 Å². The molecule has 6 heteroatoms. The fraction of sp³-hybridized carbons (Fsp3) is 0.438. The molecule has 0 fully saturated rings. The molecule has 0 aromatic heterocycles. The summed E-state index contributed by atoms with van der Waals surface area (Å²) in [5.41, 5.74) is 9.44. The fourth-order valence-corrected chi connectivity index (χ4v) is 1.56. The number of amides is 1. The lowest BCUT2D eigenvalue weighted by molar-refractivity contribution is 0.0523. The average Bonchev–Trinajstić information content (AvgIpc) is 2.44. The molecule has 1 N–H and O–H groups in total. The van der Waals surface area contributed by atoms with Crippen LogP contribution in [-0.4, -0.2) is 18.2 Å². The molecule has 0 radical (unpaired) electrons. The van der Waals surface area contributed by atoms with Crippen molar-refractivity contribution in [3.8, 4) is 11.8 Å². The second kappa shape index (κ2) is 8.60. The van der Waals surface area contributed by atoms with Crippen molar-refractivity contribution in [3.05, 3.63) is 45.8 Å². The van der Waals surface area contributed by atoms with E-state index in [0.717, 1.165) is 11.1 Å². The van der Waals surface area contributed by atoms with Crippen molar-refractivity contribution >= 4 is 6.09 Å². The molecule has 0 heterocycles. The molecular weight excluding hydrogens is 280 g/mol. The van der Waals surface area contributed by atoms with E-state index in [-0.39, 0.29) is 0 Å². The monoisotopic (exact) mass is 300 g/mol. The number of alkyl carbamates (subject to hydrolysis) is 1. The molecule has 6 nitrogen and oxygen atoms in total. The molecule has 0 aliphatic rings. The van der Waals surface area contributed by atoms with Gasteiger partial charge in [0.25, 0.3) is 0 Å². The first-order valence-electron chi connectivity index (χ1n) is 6.96. The summed E-state index contributed by atoms with van der Waals surface area (Å²) in [5, 5.41) is 6.12. The Morgan fingerprint density at radius 3 is 2.91 bits per heavy atom. The molecule has 1 aromatic rings. The number of nitrogens with zero attached hydrogens (tertiary/aromatic N) is 3. The van der Waals surface area contributed by atoms with Crippen LogP contribution < -0.4 is 5.32 Å². The van der Waals surface area contributed by atoms with Crippen LogP contribution in [0.25, 0.3) is 10.4 Å². The van der Waals surface area contributed by atoms with E-state index in [4.69, 9.17) is 10.3 Å². The topological polar surface area (TPSA) is 87.1 Å². The van der Waals surface area contributed by atoms with Crippen LogP contribution in [0.4, 0.5) is 4.79 Å². The molecule has 1 rings (SSSR count). The van der Waals surface area contributed by atoms with Crippen LogP contribution in [0.15, 0.2) is 29.4 Å². The molecule has 116 valence electrons. The van der Waals surface area contributed by atoms with Crippen molar-refractivity contribution in [2.45, 2.75) is 39.3 Å². The predicted molar refractivity (Wildman–Crippen MR) is 85.0 cm³/mol. The highest BCUT2D eigenvalue weighted by atomic mass is 16.6. The van der Waals surface area contributed by atoms with Gasteiger partial charge in [-0.05, 0) is 44.0 Å². The van der Waals surface area contributed by atoms with E-state index in [0.29, 0.717) is 19.5 Å². The Kier molecular flexibility index (Phi) is 6.81. The van der Waals surface area contributed by atoms with E-state index in [2.05, 4.69) is 27.2 Å². The lowest BCUT2D eigenvalue weighted by Gasteiger charge is -2.19. The number of carbonyl (C=O) groups excluding carboxylic acids is 1. The van der Waals surface area contributed by atoms with Gasteiger partial charge in [-0.25, -0.2) is 4.79 Å². The molecule has 22 heavy (non-hydrogen) atoms. The third kappa shape index (κ3) is 7.83. The summed E-state index contributed by atoms with van der Waals surface area (Å²) < 4.78 is 5.17. The zero-order valence-corrected chi connectivity index (χ0v) is 13.1. The third-order valence-corrected chi connectivity index (χ3v) is 2.40. The molecule has 0 unspecified atom stereocenters. The van der Waals surface area contributed by atoms with Crippen molar-refractivity contribution in [2.24, 2.45) is 5.11 Å². The zero-order chi connectivity index (χ0) is 16.4. The Bertz CT molecular complexity index is 617. The number of hydrogen-bond acceptors (Lipinski definition) is 3. The van der Waals surface area contributed by atoms with E-state index >= 15 is 0 Å². The third-order valence-electron chi connectivity index (χ3n) is 2.40. The van der Waals surface area contributed by atoms with Gasteiger partial charge in [-0.15, -0.1) is 0 Å². The number of azide groups is 1. The van der Waals surface area contributed by atoms with Crippen LogP contribution >= 0.6 is 0 Å². The van der Waals surface area contributed by atoms with Gasteiger partial charge in [0.1, 0.15) is 5.60 Å². The summed E-state index contributed by atoms with van der Waals surface area (Å²) in [6.07, 6.45) is 0.0723. The zero-order valence-electron chi connectivity index (χ0n) is 13.1. The summed E-state index contributed by atoms with van der Waals surface area (Å²) in [4.78, 5) is 14.3. The molecule has 0 saturated heterocycles. The number of benzene rings is 1. The summed E-state index contributed by atoms with van der Waals surface area (Å²) in [6.45, 7) is 6.20. The van der Waals surface area contributed by atoms with Crippen LogP contribution in [0.1, 0.15) is 38.3 Å². The summed E-state index contributed by atoms with van der Waals surface area (Å²) in [6, 6.07) is 7.57. The molecule has 0 saturated carbocycles. The van der Waals surface area contributed by atoms with Crippen LogP contribution in [0, 0.1) is 11.8 Å². The molecule has 0 aliphatic heterocycles. The van der Waals surface area contributed by atoms with Gasteiger partial charge in [0.05, 0.1) is 0 Å². The van der Waals surface area contributed by atoms with Gasteiger partial charge in [0.15, 0.2) is 0 Å². The Morgan fingerprint density at radius 1 is 1.45 bits per heavy atom. The Morgan fingerprint density at radius 2 is 2.23 bits per heavy atom. The predicted octanol–water partition coefficient (Wildman–Crippen LogP) is 3.76. The van der Waals surface area contributed by atoms with Crippen molar-refractivity contribution in [3.63, 3.8) is 0 Å². The second-order valence-corrected chi connectivity index (χ2v) is 5.56. The van der Waals surface area contributed by atoms with Crippen LogP contribution in [0.5, 0.6) is 0 Å². The number of hydrogen-bond donors (Lipinski definition) is 1. The van der Waals surface area contributed by atoms with E-state index in [1.54, 1.807) is 0 Å². The van der Waals surface area contributed by atoms with Gasteiger partial charge in [-0.1, -0.05) is 29.1 Å². The van der Waals surface area contributed by atoms with E-state index in [9.17, 15) is 4.79 Å². The standard InChI is InChI=1S/C16H20N4O2/c1-16(2,3)22-15(21)18-12-14-9-6-8-13(11-14)7-4-5-10-19-20-17/h6,8-9,11H,5,10,12H2,1-3H3,(H,18,21). The first-order chi connectivity index (χ1) is 10.4. The lowest BCUT2D eigenvalue weighted by atomic mass is 10.1. The van der Waals surface area contributed by atoms with E-state index < -0.39 is 11.7 Å². The van der Waals surface area contributed by atoms with E-state index in [1.807, 2.05) is 45.0 Å². The first-order valence-corrected chi connectivity index (χ1v) is 6.96. The van der Waals surface area contributed by atoms with Crippen LogP contribution in [-0.2, 0) is 11.3 Å². The average molecular weight is 300 g/mol. The Balaban J connectivity index is 2.53. The number of nitrogens with one attached hydrogen (secondary N) is 1. The maximum absolute atomic E-state index is 11.6.